The summed E-state index contributed by atoms with van der Waals surface area (Å²) in [5.41, 5.74) is 2.42. The van der Waals surface area contributed by atoms with Crippen molar-refractivity contribution < 1.29 is 18.7 Å². The number of esters is 1. The van der Waals surface area contributed by atoms with Crippen LogP contribution < -0.4 is 5.63 Å². The molecule has 4 aromatic rings. The molecule has 29 heavy (non-hydrogen) atoms. The molecule has 0 aliphatic rings. The molecule has 0 saturated carbocycles. The maximum absolute atomic E-state index is 12.5. The van der Waals surface area contributed by atoms with Gasteiger partial charge in [0.05, 0.1) is 27.8 Å². The fourth-order valence-electron chi connectivity index (χ4n) is 3.71. The molecule has 0 radical (unpaired) electrons. The Balaban J connectivity index is 2.20. The lowest BCUT2D eigenvalue weighted by atomic mass is 10.0. The Bertz CT molecular complexity index is 1410. The quantitative estimate of drug-likeness (QED) is 0.367. The minimum Gasteiger partial charge on any atom is -0.462 e. The zero-order valence-electron chi connectivity index (χ0n) is 16.6. The normalized spacial score (nSPS) is 11.5. The first-order valence-corrected chi connectivity index (χ1v) is 9.92. The molecule has 4 heterocycles. The van der Waals surface area contributed by atoms with Crippen LogP contribution in [0.15, 0.2) is 15.3 Å². The molecule has 0 unspecified atom stereocenters. The Labute approximate surface area is 169 Å². The summed E-state index contributed by atoms with van der Waals surface area (Å²) in [6.07, 6.45) is 0. The minimum atomic E-state index is -0.715. The lowest BCUT2D eigenvalue weighted by molar-refractivity contribution is 0.0528. The number of ketones is 1. The number of hydrogen-bond acceptors (Lipinski definition) is 8. The second-order valence-corrected chi connectivity index (χ2v) is 7.85. The van der Waals surface area contributed by atoms with E-state index >= 15 is 0 Å². The third-order valence-electron chi connectivity index (χ3n) is 4.90. The summed E-state index contributed by atoms with van der Waals surface area (Å²) in [7, 11) is 0. The summed E-state index contributed by atoms with van der Waals surface area (Å²) in [4.78, 5) is 46.6. The van der Waals surface area contributed by atoms with Crippen molar-refractivity contribution in [2.75, 3.05) is 6.61 Å². The molecule has 0 atom stereocenters. The van der Waals surface area contributed by atoms with E-state index in [1.54, 1.807) is 19.9 Å². The Morgan fingerprint density at radius 3 is 2.52 bits per heavy atom. The predicted molar refractivity (Wildman–Crippen MR) is 111 cm³/mol. The summed E-state index contributed by atoms with van der Waals surface area (Å²) in [5, 5.41) is 1.21. The predicted octanol–water partition coefficient (Wildman–Crippen LogP) is 4.26. The second-order valence-electron chi connectivity index (χ2n) is 6.85. The van der Waals surface area contributed by atoms with Gasteiger partial charge in [-0.15, -0.1) is 11.3 Å². The van der Waals surface area contributed by atoms with E-state index in [0.29, 0.717) is 37.9 Å². The molecule has 0 aromatic carbocycles. The molecule has 0 bridgehead atoms. The molecule has 0 amide bonds. The highest BCUT2D eigenvalue weighted by Gasteiger charge is 2.24. The van der Waals surface area contributed by atoms with Gasteiger partial charge in [0.15, 0.2) is 5.78 Å². The van der Waals surface area contributed by atoms with Crippen LogP contribution >= 0.6 is 11.3 Å². The van der Waals surface area contributed by atoms with Gasteiger partial charge in [-0.1, -0.05) is 0 Å². The van der Waals surface area contributed by atoms with E-state index in [-0.39, 0.29) is 23.7 Å². The molecule has 0 fully saturated rings. The van der Waals surface area contributed by atoms with Crippen molar-refractivity contribution in [2.24, 2.45) is 0 Å². The average Bonchev–Trinajstić information content (AvgIpc) is 2.99. The van der Waals surface area contributed by atoms with E-state index in [1.165, 1.54) is 18.3 Å². The molecule has 0 aliphatic heterocycles. The van der Waals surface area contributed by atoms with Crippen LogP contribution in [0.25, 0.3) is 31.5 Å². The monoisotopic (exact) mass is 410 g/mol. The molecule has 4 aromatic heterocycles. The van der Waals surface area contributed by atoms with Crippen LogP contribution in [0.1, 0.15) is 51.4 Å². The number of pyridine rings is 2. The first-order valence-electron chi connectivity index (χ1n) is 9.10. The Morgan fingerprint density at radius 1 is 1.14 bits per heavy atom. The maximum Gasteiger partial charge on any atom is 0.348 e. The van der Waals surface area contributed by atoms with Crippen LogP contribution in [0.5, 0.6) is 0 Å². The number of aromatic nitrogens is 2. The average molecular weight is 410 g/mol. The largest absolute Gasteiger partial charge is 0.462 e. The van der Waals surface area contributed by atoms with Crippen molar-refractivity contribution in [3.63, 3.8) is 0 Å². The van der Waals surface area contributed by atoms with Crippen LogP contribution in [-0.2, 0) is 4.74 Å². The van der Waals surface area contributed by atoms with Crippen LogP contribution in [0.4, 0.5) is 0 Å². The molecule has 7 nitrogen and oxygen atoms in total. The number of thiophene rings is 1. The van der Waals surface area contributed by atoms with E-state index in [4.69, 9.17) is 9.15 Å². The van der Waals surface area contributed by atoms with E-state index in [1.807, 2.05) is 13.8 Å². The van der Waals surface area contributed by atoms with E-state index in [9.17, 15) is 14.4 Å². The summed E-state index contributed by atoms with van der Waals surface area (Å²) >= 11 is 1.41. The number of ether oxygens (including phenoxy) is 1. The fourth-order valence-corrected chi connectivity index (χ4v) is 4.90. The van der Waals surface area contributed by atoms with Gasteiger partial charge in [0.25, 0.3) is 0 Å². The Morgan fingerprint density at radius 2 is 1.86 bits per heavy atom. The molecular weight excluding hydrogens is 392 g/mol. The number of fused-ring (bicyclic) bond motifs is 4. The summed E-state index contributed by atoms with van der Waals surface area (Å²) in [5.74, 6) is -0.803. The summed E-state index contributed by atoms with van der Waals surface area (Å²) in [6, 6.07) is 1.67. The number of rotatable bonds is 3. The third kappa shape index (κ3) is 2.82. The summed E-state index contributed by atoms with van der Waals surface area (Å²) < 4.78 is 11.4. The van der Waals surface area contributed by atoms with Crippen LogP contribution in [0.2, 0.25) is 0 Å². The van der Waals surface area contributed by atoms with Crippen molar-refractivity contribution in [1.82, 2.24) is 9.97 Å². The molecule has 0 N–H and O–H groups in total. The van der Waals surface area contributed by atoms with Gasteiger partial charge in [-0.3, -0.25) is 4.79 Å². The number of aryl methyl sites for hydroxylation is 3. The highest BCUT2D eigenvalue weighted by molar-refractivity contribution is 7.25. The SMILES string of the molecule is CCOC(=O)c1cc(C)nc2sc3c(C)c4c(C)c(C(C)=O)c(=O)oc4nc3c12. The molecule has 148 valence electrons. The second kappa shape index (κ2) is 6.73. The highest BCUT2D eigenvalue weighted by Crippen LogP contribution is 2.39. The van der Waals surface area contributed by atoms with Gasteiger partial charge >= 0.3 is 11.6 Å². The van der Waals surface area contributed by atoms with Crippen LogP contribution in [0.3, 0.4) is 0 Å². The minimum absolute atomic E-state index is 0.0315. The van der Waals surface area contributed by atoms with Crippen molar-refractivity contribution in [1.29, 1.82) is 0 Å². The fraction of sp³-hybridized carbons (Fsp3) is 0.286. The number of Topliss-reactive ketones (excluding diaryl/α,β-unsaturated/α-hetero) is 1. The van der Waals surface area contributed by atoms with Gasteiger partial charge in [0, 0.05) is 11.1 Å². The topological polar surface area (TPSA) is 99.4 Å². The molecule has 0 spiro atoms. The number of hydrogen-bond donors (Lipinski definition) is 0. The molecule has 4 rings (SSSR count). The maximum atomic E-state index is 12.5. The third-order valence-corrected chi connectivity index (χ3v) is 6.09. The first-order chi connectivity index (χ1) is 13.7. The van der Waals surface area contributed by atoms with Crippen molar-refractivity contribution >= 4 is 54.6 Å². The van der Waals surface area contributed by atoms with E-state index in [2.05, 4.69) is 9.97 Å². The Hall–Kier alpha value is -3.13. The van der Waals surface area contributed by atoms with Crippen LogP contribution in [0, 0.1) is 20.8 Å². The molecule has 0 aliphatic carbocycles. The first kappa shape index (κ1) is 19.2. The van der Waals surface area contributed by atoms with Gasteiger partial charge in [-0.2, -0.15) is 0 Å². The van der Waals surface area contributed by atoms with Crippen LogP contribution in [-0.4, -0.2) is 28.3 Å². The van der Waals surface area contributed by atoms with Gasteiger partial charge in [0.1, 0.15) is 10.4 Å². The highest BCUT2D eigenvalue weighted by atomic mass is 32.1. The standard InChI is InChI=1S/C21H18N2O5S/c1-6-27-20(25)12-7-8(2)22-19-15(12)16-17(29-19)10(4)13-9(3)14(11(5)24)21(26)28-18(13)23-16/h7H,6H2,1-5H3. The zero-order valence-corrected chi connectivity index (χ0v) is 17.4. The van der Waals surface area contributed by atoms with Gasteiger partial charge in [0.2, 0.25) is 5.71 Å². The Kier molecular flexibility index (Phi) is 4.46. The lowest BCUT2D eigenvalue weighted by Gasteiger charge is -2.09. The van der Waals surface area contributed by atoms with E-state index < -0.39 is 11.6 Å². The number of nitrogens with zero attached hydrogens (tertiary/aromatic N) is 2. The van der Waals surface area contributed by atoms with Crippen molar-refractivity contribution in [3.05, 3.63) is 44.4 Å². The number of carbonyl (C=O) groups is 2. The van der Waals surface area contributed by atoms with Gasteiger partial charge in [-0.05, 0) is 51.8 Å². The summed E-state index contributed by atoms with van der Waals surface area (Å²) in [6.45, 7) is 8.75. The molecular formula is C21H18N2O5S. The molecule has 8 heteroatoms. The zero-order chi connectivity index (χ0) is 21.0. The van der Waals surface area contributed by atoms with Gasteiger partial charge < -0.3 is 9.15 Å². The van der Waals surface area contributed by atoms with Crippen molar-refractivity contribution in [2.45, 2.75) is 34.6 Å². The molecule has 0 saturated heterocycles. The lowest BCUT2D eigenvalue weighted by Crippen LogP contribution is -2.15. The van der Waals surface area contributed by atoms with Crippen molar-refractivity contribution in [3.8, 4) is 0 Å². The van der Waals surface area contributed by atoms with Gasteiger partial charge in [-0.25, -0.2) is 19.6 Å². The smallest absolute Gasteiger partial charge is 0.348 e. The number of carbonyl (C=O) groups excluding carboxylic acids is 2. The van der Waals surface area contributed by atoms with E-state index in [0.717, 1.165) is 10.3 Å².